The Balaban J connectivity index is 1.52. The fourth-order valence-corrected chi connectivity index (χ4v) is 5.83. The lowest BCUT2D eigenvalue weighted by Crippen LogP contribution is -2.39. The highest BCUT2D eigenvalue weighted by molar-refractivity contribution is 9.10. The van der Waals surface area contributed by atoms with Crippen molar-refractivity contribution in [2.24, 2.45) is 16.3 Å². The van der Waals surface area contributed by atoms with Crippen molar-refractivity contribution < 1.29 is 23.8 Å². The Bertz CT molecular complexity index is 1250. The van der Waals surface area contributed by atoms with Gasteiger partial charge in [0.1, 0.15) is 5.92 Å². The molecule has 35 heavy (non-hydrogen) atoms. The molecule has 2 aromatic carbocycles. The summed E-state index contributed by atoms with van der Waals surface area (Å²) in [5, 5.41) is 0. The molecule has 2 heterocycles. The van der Waals surface area contributed by atoms with Gasteiger partial charge in [-0.3, -0.25) is 14.6 Å². The van der Waals surface area contributed by atoms with Crippen LogP contribution in [0.15, 0.2) is 63.2 Å². The number of hydrogen-bond acceptors (Lipinski definition) is 6. The molecule has 0 spiro atoms. The SMILES string of the molecule is CC1=NC2=C(C(=O)CC(C)(C)C2)[C@@H](c2cc3c(cc2Br)OCO3)C1C(=O)OCCc1ccccc1. The molecular weight excluding hydrogens is 510 g/mol. The molecule has 2 aromatic rings. The van der Waals surface area contributed by atoms with E-state index in [9.17, 15) is 9.59 Å². The Hall–Kier alpha value is -2.93. The van der Waals surface area contributed by atoms with Crippen molar-refractivity contribution in [3.63, 3.8) is 0 Å². The number of fused-ring (bicyclic) bond motifs is 1. The Kier molecular flexibility index (Phi) is 6.30. The fraction of sp³-hybridized carbons (Fsp3) is 0.393. The molecule has 2 atom stereocenters. The predicted molar refractivity (Wildman–Crippen MR) is 136 cm³/mol. The number of rotatable bonds is 5. The molecule has 0 N–H and O–H groups in total. The number of nitrogens with zero attached hydrogens (tertiary/aromatic N) is 1. The van der Waals surface area contributed by atoms with E-state index in [2.05, 4.69) is 29.8 Å². The first kappa shape index (κ1) is 23.8. The maximum atomic E-state index is 13.5. The molecule has 182 valence electrons. The number of esters is 1. The summed E-state index contributed by atoms with van der Waals surface area (Å²) in [6, 6.07) is 13.6. The van der Waals surface area contributed by atoms with Gasteiger partial charge in [0.25, 0.3) is 0 Å². The lowest BCUT2D eigenvalue weighted by Gasteiger charge is -2.39. The summed E-state index contributed by atoms with van der Waals surface area (Å²) in [6.07, 6.45) is 1.71. The minimum atomic E-state index is -0.702. The molecule has 0 fully saturated rings. The van der Waals surface area contributed by atoms with Crippen molar-refractivity contribution in [1.82, 2.24) is 0 Å². The number of aliphatic imine (C=N–C) groups is 1. The summed E-state index contributed by atoms with van der Waals surface area (Å²) in [5.74, 6) is -0.324. The number of hydrogen-bond donors (Lipinski definition) is 0. The third kappa shape index (κ3) is 4.66. The van der Waals surface area contributed by atoms with Crippen LogP contribution in [-0.2, 0) is 20.7 Å². The zero-order valence-corrected chi connectivity index (χ0v) is 21.7. The number of Topliss-reactive ketones (excluding diaryl/α,β-unsaturated/α-hetero) is 1. The Labute approximate surface area is 213 Å². The first-order valence-corrected chi connectivity index (χ1v) is 12.6. The molecule has 1 unspecified atom stereocenters. The zero-order chi connectivity index (χ0) is 24.7. The van der Waals surface area contributed by atoms with Crippen molar-refractivity contribution in [2.75, 3.05) is 13.4 Å². The van der Waals surface area contributed by atoms with Crippen molar-refractivity contribution >= 4 is 33.4 Å². The van der Waals surface area contributed by atoms with E-state index >= 15 is 0 Å². The van der Waals surface area contributed by atoms with Gasteiger partial charge < -0.3 is 14.2 Å². The van der Waals surface area contributed by atoms with Gasteiger partial charge in [0.15, 0.2) is 17.3 Å². The number of carbonyl (C=O) groups excluding carboxylic acids is 2. The average molecular weight is 538 g/mol. The summed E-state index contributed by atoms with van der Waals surface area (Å²) < 4.78 is 17.7. The number of carbonyl (C=O) groups is 2. The Morgan fingerprint density at radius 2 is 1.86 bits per heavy atom. The first-order chi connectivity index (χ1) is 16.7. The molecule has 0 aromatic heterocycles. The van der Waals surface area contributed by atoms with Crippen LogP contribution in [0.4, 0.5) is 0 Å². The molecule has 0 saturated heterocycles. The van der Waals surface area contributed by atoms with E-state index in [1.54, 1.807) is 0 Å². The molecular formula is C28H28BrNO5. The number of ketones is 1. The first-order valence-electron chi connectivity index (χ1n) is 11.8. The van der Waals surface area contributed by atoms with Gasteiger partial charge in [-0.2, -0.15) is 0 Å². The van der Waals surface area contributed by atoms with E-state index in [1.807, 2.05) is 49.4 Å². The lowest BCUT2D eigenvalue weighted by atomic mass is 9.67. The third-order valence-electron chi connectivity index (χ3n) is 6.86. The maximum Gasteiger partial charge on any atom is 0.315 e. The average Bonchev–Trinajstić information content (AvgIpc) is 3.24. The highest BCUT2D eigenvalue weighted by atomic mass is 79.9. The van der Waals surface area contributed by atoms with E-state index in [4.69, 9.17) is 19.2 Å². The molecule has 3 aliphatic rings. The minimum absolute atomic E-state index is 0.0316. The lowest BCUT2D eigenvalue weighted by molar-refractivity contribution is -0.146. The molecule has 1 aliphatic carbocycles. The van der Waals surface area contributed by atoms with Crippen LogP contribution in [0.2, 0.25) is 0 Å². The van der Waals surface area contributed by atoms with Crippen LogP contribution in [0, 0.1) is 11.3 Å². The molecule has 2 aliphatic heterocycles. The van der Waals surface area contributed by atoms with E-state index in [1.165, 1.54) is 0 Å². The van der Waals surface area contributed by atoms with Gasteiger partial charge in [-0.15, -0.1) is 0 Å². The largest absolute Gasteiger partial charge is 0.465 e. The third-order valence-corrected chi connectivity index (χ3v) is 7.55. The van der Waals surface area contributed by atoms with Gasteiger partial charge in [0.05, 0.1) is 6.61 Å². The van der Waals surface area contributed by atoms with Crippen LogP contribution in [0.3, 0.4) is 0 Å². The number of halogens is 1. The van der Waals surface area contributed by atoms with Crippen molar-refractivity contribution in [1.29, 1.82) is 0 Å². The van der Waals surface area contributed by atoms with Gasteiger partial charge >= 0.3 is 5.97 Å². The van der Waals surface area contributed by atoms with Gasteiger partial charge in [-0.1, -0.05) is 60.1 Å². The second-order valence-corrected chi connectivity index (χ2v) is 11.0. The molecule has 0 bridgehead atoms. The Morgan fingerprint density at radius 3 is 2.60 bits per heavy atom. The number of benzene rings is 2. The van der Waals surface area contributed by atoms with Gasteiger partial charge in [0, 0.05) is 40.2 Å². The Morgan fingerprint density at radius 1 is 1.14 bits per heavy atom. The van der Waals surface area contributed by atoms with E-state index < -0.39 is 11.8 Å². The van der Waals surface area contributed by atoms with E-state index in [0.29, 0.717) is 42.0 Å². The second kappa shape index (κ2) is 9.26. The highest BCUT2D eigenvalue weighted by Gasteiger charge is 2.47. The fourth-order valence-electron chi connectivity index (χ4n) is 5.26. The van der Waals surface area contributed by atoms with E-state index in [-0.39, 0.29) is 30.6 Å². The monoisotopic (exact) mass is 537 g/mol. The van der Waals surface area contributed by atoms with Crippen molar-refractivity contribution in [3.05, 3.63) is 69.3 Å². The van der Waals surface area contributed by atoms with Gasteiger partial charge in [-0.25, -0.2) is 0 Å². The molecule has 0 saturated carbocycles. The van der Waals surface area contributed by atoms with Crippen LogP contribution in [0.5, 0.6) is 11.5 Å². The standard InChI is InChI=1S/C28H28BrNO5/c1-16-24(27(32)33-10-9-17-7-5-4-6-8-17)25(18-11-22-23(12-19(18)29)35-15-34-22)26-20(30-16)13-28(2,3)14-21(26)31/h4-8,11-12,24-25H,9-10,13-15H2,1-3H3/t24?,25-/m0/s1. The van der Waals surface area contributed by atoms with Gasteiger partial charge in [-0.05, 0) is 42.0 Å². The van der Waals surface area contributed by atoms with E-state index in [0.717, 1.165) is 21.3 Å². The molecule has 5 rings (SSSR count). The molecule has 7 heteroatoms. The summed E-state index contributed by atoms with van der Waals surface area (Å²) in [4.78, 5) is 31.8. The second-order valence-electron chi connectivity index (χ2n) is 10.1. The normalized spacial score (nSPS) is 22.5. The van der Waals surface area contributed by atoms with Crippen molar-refractivity contribution in [2.45, 2.75) is 46.0 Å². The number of ether oxygens (including phenoxy) is 3. The highest BCUT2D eigenvalue weighted by Crippen LogP contribution is 2.51. The summed E-state index contributed by atoms with van der Waals surface area (Å²) in [5.41, 5.74) is 3.76. The topological polar surface area (TPSA) is 74.2 Å². The smallest absolute Gasteiger partial charge is 0.315 e. The van der Waals surface area contributed by atoms with Crippen LogP contribution in [0.1, 0.15) is 50.7 Å². The van der Waals surface area contributed by atoms with Crippen LogP contribution in [0.25, 0.3) is 0 Å². The summed E-state index contributed by atoms with van der Waals surface area (Å²) in [7, 11) is 0. The van der Waals surface area contributed by atoms with Gasteiger partial charge in [0.2, 0.25) is 6.79 Å². The maximum absolute atomic E-state index is 13.5. The van der Waals surface area contributed by atoms with Crippen LogP contribution in [-0.4, -0.2) is 30.9 Å². The molecule has 0 radical (unpaired) electrons. The van der Waals surface area contributed by atoms with Crippen molar-refractivity contribution in [3.8, 4) is 11.5 Å². The summed E-state index contributed by atoms with van der Waals surface area (Å²) in [6.45, 7) is 6.41. The number of allylic oxidation sites excluding steroid dienone is 2. The minimum Gasteiger partial charge on any atom is -0.465 e. The summed E-state index contributed by atoms with van der Waals surface area (Å²) >= 11 is 3.66. The van der Waals surface area contributed by atoms with Crippen LogP contribution < -0.4 is 9.47 Å². The predicted octanol–water partition coefficient (Wildman–Crippen LogP) is 5.78. The zero-order valence-electron chi connectivity index (χ0n) is 20.1. The van der Waals surface area contributed by atoms with Crippen LogP contribution >= 0.6 is 15.9 Å². The molecule has 6 nitrogen and oxygen atoms in total. The molecule has 0 amide bonds. The quantitative estimate of drug-likeness (QED) is 0.452.